The number of rotatable bonds is 18. The standard InChI is InChI=1S/C33H51N9O11P2SSi/c1-19(2)29(44)40-32-39-28-25(30(45)41-32)37-18-42(28)31-27(26(23(15-43)50-31)53-57(6,7)33(3,4)5)52-55(56,48-12-8-10-34)49-16-20-13-21(14-22(20)51-54(46)47)38-24-9-11-35-17-36-24/h9,11,17-23,26-27,31,43,54H,8,12-16H2,1-7H3,(H,46,47)(H,35,36,38)(H2,39,40,41,44,45)/t20-,21-,22+,23-,26-,27-,31-,55?/m1/s1. The first-order valence-corrected chi connectivity index (χ1v) is 25.2. The van der Waals surface area contributed by atoms with E-state index in [0.717, 1.165) is 0 Å². The summed E-state index contributed by atoms with van der Waals surface area (Å²) in [6.07, 6.45) is 0.0695. The van der Waals surface area contributed by atoms with Crippen LogP contribution in [0.15, 0.2) is 29.7 Å². The van der Waals surface area contributed by atoms with Crippen LogP contribution in [-0.2, 0) is 48.4 Å². The maximum atomic E-state index is 13.2. The number of aliphatic hydroxyl groups is 1. The van der Waals surface area contributed by atoms with Crippen LogP contribution in [0.5, 0.6) is 0 Å². The third-order valence-electron chi connectivity index (χ3n) is 10.2. The zero-order valence-corrected chi connectivity index (χ0v) is 36.5. The van der Waals surface area contributed by atoms with Crippen molar-refractivity contribution in [1.29, 1.82) is 5.26 Å². The van der Waals surface area contributed by atoms with Gasteiger partial charge in [0.15, 0.2) is 25.7 Å². The van der Waals surface area contributed by atoms with Gasteiger partial charge in [-0.1, -0.05) is 34.6 Å². The number of nitrogens with zero attached hydrogens (tertiary/aromatic N) is 6. The molecule has 1 saturated heterocycles. The predicted octanol–water partition coefficient (Wildman–Crippen LogP) is 4.00. The van der Waals surface area contributed by atoms with E-state index in [9.17, 15) is 29.4 Å². The van der Waals surface area contributed by atoms with Crippen molar-refractivity contribution in [2.75, 3.05) is 30.5 Å². The van der Waals surface area contributed by atoms with E-state index in [1.165, 1.54) is 17.2 Å². The molecule has 9 atom stereocenters. The van der Waals surface area contributed by atoms with E-state index < -0.39 is 77.9 Å². The highest BCUT2D eigenvalue weighted by Gasteiger charge is 2.54. The molecule has 57 heavy (non-hydrogen) atoms. The summed E-state index contributed by atoms with van der Waals surface area (Å²) < 4.78 is 51.3. The van der Waals surface area contributed by atoms with E-state index in [-0.39, 0.29) is 53.7 Å². The molecule has 1 saturated carbocycles. The molecule has 2 unspecified atom stereocenters. The van der Waals surface area contributed by atoms with Crippen LogP contribution in [0.1, 0.15) is 60.1 Å². The van der Waals surface area contributed by atoms with Crippen molar-refractivity contribution in [2.24, 2.45) is 11.8 Å². The maximum Gasteiger partial charge on any atom is 0.327 e. The summed E-state index contributed by atoms with van der Waals surface area (Å²) in [5, 5.41) is 25.7. The molecule has 0 radical (unpaired) electrons. The number of nitrogens with one attached hydrogen (secondary N) is 3. The number of ether oxygens (including phenoxy) is 1. The Labute approximate surface area is 336 Å². The average molecular weight is 872 g/mol. The van der Waals surface area contributed by atoms with Crippen LogP contribution in [0.4, 0.5) is 11.8 Å². The zero-order chi connectivity index (χ0) is 41.7. The van der Waals surface area contributed by atoms with E-state index >= 15 is 0 Å². The molecular weight excluding hydrogens is 821 g/mol. The lowest BCUT2D eigenvalue weighted by atomic mass is 10.1. The fourth-order valence-electron chi connectivity index (χ4n) is 6.16. The third-order valence-corrected chi connectivity index (χ3v) is 17.5. The van der Waals surface area contributed by atoms with Crippen molar-refractivity contribution in [2.45, 2.75) is 109 Å². The second kappa shape index (κ2) is 18.9. The molecule has 24 heteroatoms. The van der Waals surface area contributed by atoms with Crippen molar-refractivity contribution in [3.63, 3.8) is 0 Å². The number of nitriles is 1. The number of aliphatic hydroxyl groups excluding tert-OH is 1. The molecule has 2 fully saturated rings. The number of carbonyl (C=O) groups excluding carboxylic acids is 1. The van der Waals surface area contributed by atoms with Crippen molar-refractivity contribution in [1.82, 2.24) is 29.5 Å². The van der Waals surface area contributed by atoms with Gasteiger partial charge in [0.05, 0.1) is 44.7 Å². The van der Waals surface area contributed by atoms with Crippen molar-refractivity contribution < 1.29 is 46.6 Å². The molecule has 3 aromatic rings. The highest BCUT2D eigenvalue weighted by molar-refractivity contribution is 8.07. The summed E-state index contributed by atoms with van der Waals surface area (Å²) >= 11 is 6.03. The first-order chi connectivity index (χ1) is 26.8. The molecule has 20 nitrogen and oxygen atoms in total. The van der Waals surface area contributed by atoms with E-state index in [2.05, 4.69) is 56.3 Å². The Kier molecular flexibility index (Phi) is 15.0. The molecule has 1 aliphatic carbocycles. The van der Waals surface area contributed by atoms with Crippen LogP contribution in [0.3, 0.4) is 0 Å². The molecule has 4 heterocycles. The van der Waals surface area contributed by atoms with Crippen molar-refractivity contribution >= 4 is 63.9 Å². The number of fused-ring (bicyclic) bond motifs is 1. The van der Waals surface area contributed by atoms with Crippen LogP contribution in [-0.4, -0.2) is 104 Å². The number of imidazole rings is 1. The quantitative estimate of drug-likeness (QED) is 0.0687. The number of H-pyrrole nitrogens is 1. The van der Waals surface area contributed by atoms with E-state index in [4.69, 9.17) is 39.1 Å². The van der Waals surface area contributed by atoms with Crippen molar-refractivity contribution in [3.8, 4) is 6.07 Å². The minimum absolute atomic E-state index is 0.0353. The first-order valence-electron chi connectivity index (χ1n) is 18.4. The number of hydrogen-bond acceptors (Lipinski definition) is 17. The molecule has 1 amide bonds. The van der Waals surface area contributed by atoms with Gasteiger partial charge in [-0.25, -0.2) is 15.0 Å². The Bertz CT molecular complexity index is 2030. The predicted molar refractivity (Wildman–Crippen MR) is 214 cm³/mol. The Morgan fingerprint density at radius 2 is 2.02 bits per heavy atom. The summed E-state index contributed by atoms with van der Waals surface area (Å²) in [6, 6.07) is 3.51. The summed E-state index contributed by atoms with van der Waals surface area (Å²) in [4.78, 5) is 54.9. The lowest BCUT2D eigenvalue weighted by Gasteiger charge is -2.41. The summed E-state index contributed by atoms with van der Waals surface area (Å²) in [5.41, 5.74) is -0.649. The Morgan fingerprint density at radius 3 is 2.65 bits per heavy atom. The fraction of sp³-hybridized carbons (Fsp3) is 0.667. The SMILES string of the molecule is CC(C)C(=O)Nc1nc2c(ncn2[C@@H]2O[C@H](CO)[C@@H](O[Si](C)(C)C(C)(C)C)[C@H]2OP(=S)(OCCC#N)OC[C@H]2C[C@@H](Nc3ccncn3)C[C@@H]2O[PH](=O)O)c(=O)[nH]1. The van der Waals surface area contributed by atoms with Crippen LogP contribution >= 0.6 is 15.0 Å². The number of anilines is 2. The summed E-state index contributed by atoms with van der Waals surface area (Å²) in [5.74, 6) is -0.791. The second-order valence-electron chi connectivity index (χ2n) is 15.6. The molecule has 5 rings (SSSR count). The summed E-state index contributed by atoms with van der Waals surface area (Å²) in [6.45, 7) is 8.94. The van der Waals surface area contributed by atoms with Crippen LogP contribution in [0.25, 0.3) is 11.2 Å². The van der Waals surface area contributed by atoms with E-state index in [1.807, 2.05) is 19.2 Å². The number of amides is 1. The molecule has 1 aliphatic heterocycles. The maximum absolute atomic E-state index is 13.2. The largest absolute Gasteiger partial charge is 0.408 e. The number of carbonyl (C=O) groups is 1. The van der Waals surface area contributed by atoms with E-state index in [0.29, 0.717) is 18.7 Å². The van der Waals surface area contributed by atoms with Gasteiger partial charge in [-0.05, 0) is 48.8 Å². The van der Waals surface area contributed by atoms with Gasteiger partial charge in [0.2, 0.25) is 11.9 Å². The Balaban J connectivity index is 1.52. The Morgan fingerprint density at radius 1 is 1.26 bits per heavy atom. The second-order valence-corrected chi connectivity index (χ2v) is 24.1. The summed E-state index contributed by atoms with van der Waals surface area (Å²) in [7, 11) is -5.98. The lowest BCUT2D eigenvalue weighted by molar-refractivity contribution is -0.118. The van der Waals surface area contributed by atoms with Gasteiger partial charge in [-0.15, -0.1) is 0 Å². The minimum Gasteiger partial charge on any atom is -0.408 e. The first kappa shape index (κ1) is 45.1. The highest BCUT2D eigenvalue weighted by Crippen LogP contribution is 2.56. The molecule has 2 aliphatic rings. The smallest absolute Gasteiger partial charge is 0.327 e. The minimum atomic E-state index is -3.88. The molecule has 3 aromatic heterocycles. The van der Waals surface area contributed by atoms with Crippen LogP contribution < -0.4 is 16.2 Å². The molecule has 0 spiro atoms. The molecular formula is C33H51N9O11P2SSi. The molecule has 314 valence electrons. The van der Waals surface area contributed by atoms with Crippen LogP contribution in [0.2, 0.25) is 18.1 Å². The third kappa shape index (κ3) is 11.2. The van der Waals surface area contributed by atoms with Gasteiger partial charge >= 0.3 is 15.0 Å². The van der Waals surface area contributed by atoms with E-state index in [1.54, 1.807) is 26.1 Å². The average Bonchev–Trinajstić information content (AvgIpc) is 3.82. The van der Waals surface area contributed by atoms with Gasteiger partial charge in [-0.2, -0.15) is 10.2 Å². The Hall–Kier alpha value is -3.03. The van der Waals surface area contributed by atoms with Gasteiger partial charge < -0.3 is 38.1 Å². The van der Waals surface area contributed by atoms with Gasteiger partial charge in [0.1, 0.15) is 30.5 Å². The normalized spacial score (nSPS) is 25.7. The van der Waals surface area contributed by atoms with Gasteiger partial charge in [0, 0.05) is 24.1 Å². The van der Waals surface area contributed by atoms with Gasteiger partial charge in [0.25, 0.3) is 5.56 Å². The highest BCUT2D eigenvalue weighted by atomic mass is 32.5. The molecule has 0 bridgehead atoms. The zero-order valence-electron chi connectivity index (χ0n) is 32.8. The van der Waals surface area contributed by atoms with Crippen molar-refractivity contribution in [3.05, 3.63) is 35.3 Å². The number of hydrogen-bond donors (Lipinski definition) is 5. The number of aromatic amines is 1. The monoisotopic (exact) mass is 871 g/mol. The molecule has 5 N–H and O–H groups in total. The fourth-order valence-corrected chi connectivity index (χ4v) is 10.1. The number of aromatic nitrogens is 6. The molecule has 0 aromatic carbocycles. The topological polar surface area (TPSA) is 267 Å². The lowest BCUT2D eigenvalue weighted by Crippen LogP contribution is -2.50. The van der Waals surface area contributed by atoms with Gasteiger partial charge in [-0.3, -0.25) is 33.5 Å². The van der Waals surface area contributed by atoms with Crippen LogP contribution in [0, 0.1) is 23.2 Å².